The second-order valence-electron chi connectivity index (χ2n) is 8.14. The van der Waals surface area contributed by atoms with E-state index in [9.17, 15) is 34.2 Å². The Morgan fingerprint density at radius 2 is 1.68 bits per heavy atom. The van der Waals surface area contributed by atoms with Gasteiger partial charge in [-0.15, -0.1) is 0 Å². The topological polar surface area (TPSA) is 200 Å². The molecule has 1 aliphatic rings. The van der Waals surface area contributed by atoms with Crippen LogP contribution in [0.3, 0.4) is 0 Å². The second-order valence-corrected chi connectivity index (χ2v) is 8.14. The predicted molar refractivity (Wildman–Crippen MR) is 109 cm³/mol. The van der Waals surface area contributed by atoms with Crippen molar-refractivity contribution in [2.75, 3.05) is 6.54 Å². The number of hydrogen-bond acceptors (Lipinski definition) is 7. The van der Waals surface area contributed by atoms with Gasteiger partial charge in [-0.2, -0.15) is 0 Å². The normalized spacial score (nSPS) is 19.7. The standard InChI is InChI=1S/C19H33N5O7/c1-9(2)7-13(19(30)31)23-18(29)15(10(3)25)24-17(28)12(8-14(20)26)22-16(27)11-5-4-6-21-11/h9-13,15,21,25H,4-8H2,1-3H3,(H2,20,26)(H,22,27)(H,23,29)(H,24,28)(H,30,31). The minimum Gasteiger partial charge on any atom is -0.480 e. The van der Waals surface area contributed by atoms with Crippen LogP contribution in [0.25, 0.3) is 0 Å². The zero-order chi connectivity index (χ0) is 23.7. The van der Waals surface area contributed by atoms with Crippen LogP contribution in [-0.4, -0.2) is 76.6 Å². The Labute approximate surface area is 180 Å². The van der Waals surface area contributed by atoms with Gasteiger partial charge in [0.2, 0.25) is 23.6 Å². The Morgan fingerprint density at radius 3 is 2.13 bits per heavy atom. The first kappa shape index (κ1) is 26.3. The minimum atomic E-state index is -1.50. The molecule has 0 aromatic rings. The quantitative estimate of drug-likeness (QED) is 0.173. The highest BCUT2D eigenvalue weighted by Crippen LogP contribution is 2.08. The average molecular weight is 444 g/mol. The molecule has 0 spiro atoms. The zero-order valence-corrected chi connectivity index (χ0v) is 18.0. The number of primary amides is 1. The predicted octanol–water partition coefficient (Wildman–Crippen LogP) is -2.42. The summed E-state index contributed by atoms with van der Waals surface area (Å²) < 4.78 is 0. The highest BCUT2D eigenvalue weighted by atomic mass is 16.4. The maximum atomic E-state index is 12.7. The van der Waals surface area contributed by atoms with E-state index >= 15 is 0 Å². The van der Waals surface area contributed by atoms with Gasteiger partial charge in [-0.25, -0.2) is 4.79 Å². The lowest BCUT2D eigenvalue weighted by molar-refractivity contribution is -0.143. The first-order chi connectivity index (χ1) is 14.4. The van der Waals surface area contributed by atoms with Gasteiger partial charge in [0.05, 0.1) is 18.6 Å². The number of carboxylic acid groups (broad SMARTS) is 1. The maximum Gasteiger partial charge on any atom is 0.326 e. The van der Waals surface area contributed by atoms with Gasteiger partial charge in [0.25, 0.3) is 0 Å². The van der Waals surface area contributed by atoms with E-state index in [1.807, 2.05) is 0 Å². The number of nitrogens with one attached hydrogen (secondary N) is 4. The Morgan fingerprint density at radius 1 is 1.03 bits per heavy atom. The highest BCUT2D eigenvalue weighted by Gasteiger charge is 2.34. The molecule has 176 valence electrons. The van der Waals surface area contributed by atoms with E-state index in [0.29, 0.717) is 13.0 Å². The highest BCUT2D eigenvalue weighted by molar-refractivity contribution is 5.96. The summed E-state index contributed by atoms with van der Waals surface area (Å²) in [7, 11) is 0. The van der Waals surface area contributed by atoms with Crippen LogP contribution in [0.2, 0.25) is 0 Å². The smallest absolute Gasteiger partial charge is 0.326 e. The van der Waals surface area contributed by atoms with E-state index in [1.54, 1.807) is 13.8 Å². The van der Waals surface area contributed by atoms with Crippen LogP contribution in [0.4, 0.5) is 0 Å². The van der Waals surface area contributed by atoms with Gasteiger partial charge in [-0.3, -0.25) is 19.2 Å². The van der Waals surface area contributed by atoms with Gasteiger partial charge < -0.3 is 37.2 Å². The van der Waals surface area contributed by atoms with Gasteiger partial charge in [0.1, 0.15) is 18.1 Å². The Balaban J connectivity index is 2.88. The molecule has 0 radical (unpaired) electrons. The van der Waals surface area contributed by atoms with Crippen LogP contribution in [0, 0.1) is 5.92 Å². The van der Waals surface area contributed by atoms with Crippen molar-refractivity contribution in [2.45, 2.75) is 76.7 Å². The van der Waals surface area contributed by atoms with Gasteiger partial charge in [-0.05, 0) is 38.6 Å². The molecule has 5 atom stereocenters. The summed E-state index contributed by atoms with van der Waals surface area (Å²) in [5.41, 5.74) is 5.18. The fourth-order valence-corrected chi connectivity index (χ4v) is 3.20. The van der Waals surface area contributed by atoms with E-state index in [4.69, 9.17) is 5.73 Å². The van der Waals surface area contributed by atoms with Crippen LogP contribution >= 0.6 is 0 Å². The number of amides is 4. The van der Waals surface area contributed by atoms with Crippen molar-refractivity contribution < 1.29 is 34.2 Å². The van der Waals surface area contributed by atoms with Crippen molar-refractivity contribution in [3.63, 3.8) is 0 Å². The van der Waals surface area contributed by atoms with Crippen LogP contribution in [0.1, 0.15) is 46.5 Å². The van der Waals surface area contributed by atoms with E-state index in [0.717, 1.165) is 6.42 Å². The number of carbonyl (C=O) groups excluding carboxylic acids is 4. The Bertz CT molecular complexity index is 677. The summed E-state index contributed by atoms with van der Waals surface area (Å²) in [6.45, 7) is 5.46. The Kier molecular flexibility index (Phi) is 10.4. The molecule has 1 fully saturated rings. The molecule has 0 saturated carbocycles. The Hall–Kier alpha value is -2.73. The number of aliphatic hydroxyl groups excluding tert-OH is 1. The summed E-state index contributed by atoms with van der Waals surface area (Å²) >= 11 is 0. The molecule has 1 saturated heterocycles. The largest absolute Gasteiger partial charge is 0.480 e. The van der Waals surface area contributed by atoms with E-state index in [-0.39, 0.29) is 12.3 Å². The maximum absolute atomic E-state index is 12.7. The second kappa shape index (κ2) is 12.2. The molecule has 31 heavy (non-hydrogen) atoms. The molecule has 1 heterocycles. The van der Waals surface area contributed by atoms with Crippen LogP contribution in [0.5, 0.6) is 0 Å². The van der Waals surface area contributed by atoms with Crippen LogP contribution in [-0.2, 0) is 24.0 Å². The fraction of sp³-hybridized carbons (Fsp3) is 0.737. The van der Waals surface area contributed by atoms with E-state index < -0.39 is 66.3 Å². The number of hydrogen-bond donors (Lipinski definition) is 7. The summed E-state index contributed by atoms with van der Waals surface area (Å²) in [4.78, 5) is 60.3. The summed E-state index contributed by atoms with van der Waals surface area (Å²) in [5, 5.41) is 29.2. The molecule has 4 amide bonds. The monoisotopic (exact) mass is 443 g/mol. The third-order valence-electron chi connectivity index (χ3n) is 4.80. The van der Waals surface area contributed by atoms with Crippen molar-refractivity contribution in [3.8, 4) is 0 Å². The lowest BCUT2D eigenvalue weighted by Crippen LogP contribution is -2.60. The first-order valence-corrected chi connectivity index (χ1v) is 10.3. The lowest BCUT2D eigenvalue weighted by atomic mass is 10.0. The molecule has 12 nitrogen and oxygen atoms in total. The van der Waals surface area contributed by atoms with Crippen molar-refractivity contribution in [2.24, 2.45) is 11.7 Å². The van der Waals surface area contributed by atoms with E-state index in [1.165, 1.54) is 6.92 Å². The molecule has 8 N–H and O–H groups in total. The molecular formula is C19H33N5O7. The third-order valence-corrected chi connectivity index (χ3v) is 4.80. The summed E-state index contributed by atoms with van der Waals surface area (Å²) in [5.74, 6) is -4.42. The summed E-state index contributed by atoms with van der Waals surface area (Å²) in [6.07, 6.45) is -0.378. The number of rotatable bonds is 12. The van der Waals surface area contributed by atoms with E-state index in [2.05, 4.69) is 21.3 Å². The third kappa shape index (κ3) is 8.89. The van der Waals surface area contributed by atoms with Gasteiger partial charge in [-0.1, -0.05) is 13.8 Å². The fourth-order valence-electron chi connectivity index (χ4n) is 3.20. The molecule has 0 aromatic heterocycles. The number of carboxylic acids is 1. The van der Waals surface area contributed by atoms with Crippen molar-refractivity contribution in [1.29, 1.82) is 0 Å². The van der Waals surface area contributed by atoms with Gasteiger partial charge >= 0.3 is 5.97 Å². The molecule has 0 aromatic carbocycles. The molecule has 0 bridgehead atoms. The summed E-state index contributed by atoms with van der Waals surface area (Å²) in [6, 6.07) is -4.57. The van der Waals surface area contributed by atoms with Gasteiger partial charge in [0, 0.05) is 0 Å². The van der Waals surface area contributed by atoms with Crippen LogP contribution in [0.15, 0.2) is 0 Å². The number of nitrogens with two attached hydrogens (primary N) is 1. The van der Waals surface area contributed by atoms with Crippen molar-refractivity contribution in [1.82, 2.24) is 21.3 Å². The number of aliphatic carboxylic acids is 1. The lowest BCUT2D eigenvalue weighted by Gasteiger charge is -2.26. The molecule has 12 heteroatoms. The van der Waals surface area contributed by atoms with Crippen molar-refractivity contribution >= 4 is 29.6 Å². The SMILES string of the molecule is CC(C)CC(NC(=O)C(NC(=O)C(CC(N)=O)NC(=O)C1CCCN1)C(C)O)C(=O)O. The molecular weight excluding hydrogens is 410 g/mol. The zero-order valence-electron chi connectivity index (χ0n) is 18.0. The van der Waals surface area contributed by atoms with Gasteiger partial charge in [0.15, 0.2) is 0 Å². The first-order valence-electron chi connectivity index (χ1n) is 10.3. The van der Waals surface area contributed by atoms with Crippen molar-refractivity contribution in [3.05, 3.63) is 0 Å². The van der Waals surface area contributed by atoms with Crippen LogP contribution < -0.4 is 27.0 Å². The minimum absolute atomic E-state index is 0.0275. The average Bonchev–Trinajstić information content (AvgIpc) is 3.18. The molecule has 5 unspecified atom stereocenters. The number of carbonyl (C=O) groups is 5. The number of aliphatic hydroxyl groups is 1. The molecule has 0 aliphatic carbocycles. The molecule has 1 rings (SSSR count). The molecule has 1 aliphatic heterocycles.